The highest BCUT2D eigenvalue weighted by Gasteiger charge is 2.32. The normalized spacial score (nSPS) is 16.3. The molecule has 0 saturated carbocycles. The van der Waals surface area contributed by atoms with Crippen LogP contribution in [0.15, 0.2) is 54.9 Å². The fourth-order valence-electron chi connectivity index (χ4n) is 4.01. The van der Waals surface area contributed by atoms with Gasteiger partial charge in [0.05, 0.1) is 16.6 Å². The topological polar surface area (TPSA) is 56.9 Å². The molecule has 154 valence electrons. The van der Waals surface area contributed by atoms with Gasteiger partial charge < -0.3 is 10.0 Å². The average Bonchev–Trinajstić information content (AvgIpc) is 3.33. The van der Waals surface area contributed by atoms with Crippen LogP contribution in [0.1, 0.15) is 16.5 Å². The second-order valence-corrected chi connectivity index (χ2v) is 8.19. The zero-order valence-corrected chi connectivity index (χ0v) is 16.8. The van der Waals surface area contributed by atoms with Crippen molar-refractivity contribution in [2.24, 2.45) is 0 Å². The molecule has 3 heterocycles. The van der Waals surface area contributed by atoms with Crippen molar-refractivity contribution in [1.29, 1.82) is 0 Å². The van der Waals surface area contributed by atoms with E-state index in [1.165, 1.54) is 40.4 Å². The van der Waals surface area contributed by atoms with Crippen molar-refractivity contribution in [1.82, 2.24) is 19.5 Å². The van der Waals surface area contributed by atoms with Crippen molar-refractivity contribution in [3.05, 3.63) is 76.9 Å². The molecule has 0 spiro atoms. The Morgan fingerprint density at radius 2 is 1.80 bits per heavy atom. The largest absolute Gasteiger partial charge is 0.492 e. The van der Waals surface area contributed by atoms with Crippen molar-refractivity contribution in [2.75, 3.05) is 31.1 Å². The Balaban J connectivity index is 1.48. The third kappa shape index (κ3) is 3.29. The van der Waals surface area contributed by atoms with E-state index in [2.05, 4.69) is 15.0 Å². The lowest BCUT2D eigenvalue weighted by atomic mass is 10.0. The molecule has 6 nitrogen and oxygen atoms in total. The molecule has 2 aromatic carbocycles. The lowest BCUT2D eigenvalue weighted by Gasteiger charge is -2.40. The molecule has 1 saturated heterocycles. The van der Waals surface area contributed by atoms with Crippen LogP contribution in [0.3, 0.4) is 0 Å². The van der Waals surface area contributed by atoms with E-state index in [4.69, 9.17) is 0 Å². The summed E-state index contributed by atoms with van der Waals surface area (Å²) >= 11 is 1.33. The zero-order valence-electron chi connectivity index (χ0n) is 15.9. The molecule has 2 aromatic heterocycles. The van der Waals surface area contributed by atoms with Gasteiger partial charge in [-0.15, -0.1) is 0 Å². The first-order valence-corrected chi connectivity index (χ1v) is 10.4. The second kappa shape index (κ2) is 7.66. The smallest absolute Gasteiger partial charge is 0.230 e. The van der Waals surface area contributed by atoms with Gasteiger partial charge in [-0.1, -0.05) is 35.6 Å². The molecule has 1 aliphatic heterocycles. The summed E-state index contributed by atoms with van der Waals surface area (Å²) < 4.78 is 29.6. The van der Waals surface area contributed by atoms with Gasteiger partial charge in [0.1, 0.15) is 18.0 Å². The number of nitrogens with zero attached hydrogens (tertiary/aromatic N) is 5. The molecule has 0 amide bonds. The van der Waals surface area contributed by atoms with Crippen LogP contribution in [0.25, 0.3) is 4.96 Å². The minimum atomic E-state index is -0.350. The number of anilines is 1. The third-order valence-corrected chi connectivity index (χ3v) is 6.51. The first-order chi connectivity index (χ1) is 14.6. The summed E-state index contributed by atoms with van der Waals surface area (Å²) in [5.41, 5.74) is 1.33. The Morgan fingerprint density at radius 1 is 1.00 bits per heavy atom. The quantitative estimate of drug-likeness (QED) is 0.538. The van der Waals surface area contributed by atoms with Crippen LogP contribution in [0, 0.1) is 11.6 Å². The molecule has 0 aliphatic carbocycles. The van der Waals surface area contributed by atoms with Gasteiger partial charge in [-0.3, -0.25) is 4.90 Å². The standard InChI is InChI=1S/C21H19F2N5OS/c22-15-5-3-4-14(12-15)18(19-20(29)28-21(30-19)24-13-25-28)27-10-8-26(9-11-27)17-7-2-1-6-16(17)23/h1-7,12-13,18,29H,8-11H2. The highest BCUT2D eigenvalue weighted by molar-refractivity contribution is 7.17. The number of thiazole rings is 1. The number of para-hydroxylation sites is 1. The van der Waals surface area contributed by atoms with Crippen LogP contribution >= 0.6 is 11.3 Å². The van der Waals surface area contributed by atoms with Crippen LogP contribution < -0.4 is 4.90 Å². The van der Waals surface area contributed by atoms with Crippen molar-refractivity contribution >= 4 is 22.0 Å². The van der Waals surface area contributed by atoms with Gasteiger partial charge in [-0.2, -0.15) is 9.61 Å². The lowest BCUT2D eigenvalue weighted by Crippen LogP contribution is -2.48. The molecule has 5 rings (SSSR count). The molecule has 1 atom stereocenters. The van der Waals surface area contributed by atoms with Gasteiger partial charge in [0.25, 0.3) is 0 Å². The zero-order chi connectivity index (χ0) is 20.7. The Labute approximate surface area is 175 Å². The van der Waals surface area contributed by atoms with Crippen LogP contribution in [0.2, 0.25) is 0 Å². The summed E-state index contributed by atoms with van der Waals surface area (Å²) in [5.74, 6) is -0.560. The number of hydrogen-bond acceptors (Lipinski definition) is 6. The molecule has 4 aromatic rings. The molecule has 30 heavy (non-hydrogen) atoms. The Hall–Kier alpha value is -3.04. The molecular formula is C21H19F2N5OS. The van der Waals surface area contributed by atoms with Crippen LogP contribution in [-0.2, 0) is 0 Å². The van der Waals surface area contributed by atoms with E-state index in [0.29, 0.717) is 41.7 Å². The Morgan fingerprint density at radius 3 is 2.53 bits per heavy atom. The first kappa shape index (κ1) is 19.0. The number of rotatable bonds is 4. The number of aromatic nitrogens is 3. The van der Waals surface area contributed by atoms with E-state index in [0.717, 1.165) is 5.56 Å². The van der Waals surface area contributed by atoms with E-state index in [1.54, 1.807) is 18.2 Å². The number of halogens is 2. The number of hydrogen-bond donors (Lipinski definition) is 1. The van der Waals surface area contributed by atoms with Gasteiger partial charge in [-0.05, 0) is 29.8 Å². The summed E-state index contributed by atoms with van der Waals surface area (Å²) in [6.07, 6.45) is 1.39. The van der Waals surface area contributed by atoms with Crippen molar-refractivity contribution < 1.29 is 13.9 Å². The van der Waals surface area contributed by atoms with Gasteiger partial charge in [-0.25, -0.2) is 13.8 Å². The van der Waals surface area contributed by atoms with E-state index in [1.807, 2.05) is 17.0 Å². The Kier molecular flexibility index (Phi) is 4.84. The molecule has 1 N–H and O–H groups in total. The molecule has 0 radical (unpaired) electrons. The van der Waals surface area contributed by atoms with Crippen LogP contribution in [0.5, 0.6) is 5.88 Å². The van der Waals surface area contributed by atoms with E-state index < -0.39 is 0 Å². The van der Waals surface area contributed by atoms with E-state index >= 15 is 0 Å². The highest BCUT2D eigenvalue weighted by Crippen LogP contribution is 2.40. The minimum Gasteiger partial charge on any atom is -0.492 e. The molecule has 1 aliphatic rings. The molecule has 0 bridgehead atoms. The number of benzene rings is 2. The molecular weight excluding hydrogens is 408 g/mol. The van der Waals surface area contributed by atoms with Crippen molar-refractivity contribution in [3.8, 4) is 5.88 Å². The molecule has 1 fully saturated rings. The summed E-state index contributed by atoms with van der Waals surface area (Å²) in [6, 6.07) is 12.8. The molecule has 9 heteroatoms. The van der Waals surface area contributed by atoms with Crippen LogP contribution in [0.4, 0.5) is 14.5 Å². The van der Waals surface area contributed by atoms with E-state index in [9.17, 15) is 13.9 Å². The summed E-state index contributed by atoms with van der Waals surface area (Å²) in [5, 5.41) is 14.8. The maximum atomic E-state index is 14.2. The highest BCUT2D eigenvalue weighted by atomic mass is 32.1. The third-order valence-electron chi connectivity index (χ3n) is 5.42. The SMILES string of the molecule is Oc1c(C(c2cccc(F)c2)N2CCN(c3ccccc3F)CC2)sc2ncnn12. The van der Waals surface area contributed by atoms with Gasteiger partial charge in [0.15, 0.2) is 0 Å². The van der Waals surface area contributed by atoms with E-state index in [-0.39, 0.29) is 23.6 Å². The summed E-state index contributed by atoms with van der Waals surface area (Å²) in [4.78, 5) is 9.60. The second-order valence-electron chi connectivity index (χ2n) is 7.18. The maximum absolute atomic E-state index is 14.2. The van der Waals surface area contributed by atoms with Crippen molar-refractivity contribution in [2.45, 2.75) is 6.04 Å². The number of piperazine rings is 1. The van der Waals surface area contributed by atoms with Gasteiger partial charge in [0.2, 0.25) is 10.8 Å². The average molecular weight is 427 g/mol. The molecule has 1 unspecified atom stereocenters. The first-order valence-electron chi connectivity index (χ1n) is 9.62. The Bertz CT molecular complexity index is 1190. The van der Waals surface area contributed by atoms with Gasteiger partial charge in [0, 0.05) is 26.2 Å². The summed E-state index contributed by atoms with van der Waals surface area (Å²) in [7, 11) is 0. The summed E-state index contributed by atoms with van der Waals surface area (Å²) in [6.45, 7) is 2.49. The predicted octanol–water partition coefficient (Wildman–Crippen LogP) is 3.69. The number of aromatic hydroxyl groups is 1. The monoisotopic (exact) mass is 427 g/mol. The predicted molar refractivity (Wildman–Crippen MR) is 111 cm³/mol. The van der Waals surface area contributed by atoms with Crippen molar-refractivity contribution in [3.63, 3.8) is 0 Å². The number of fused-ring (bicyclic) bond motifs is 1. The minimum absolute atomic E-state index is 0.0123. The van der Waals surface area contributed by atoms with Crippen LogP contribution in [-0.4, -0.2) is 50.8 Å². The lowest BCUT2D eigenvalue weighted by molar-refractivity contribution is 0.210. The van der Waals surface area contributed by atoms with Gasteiger partial charge >= 0.3 is 0 Å². The fraction of sp³-hybridized carbons (Fsp3) is 0.238. The maximum Gasteiger partial charge on any atom is 0.230 e. The fourth-order valence-corrected chi connectivity index (χ4v) is 5.10.